The summed E-state index contributed by atoms with van der Waals surface area (Å²) < 4.78 is 28.7. The van der Waals surface area contributed by atoms with E-state index in [-0.39, 0.29) is 24.6 Å². The van der Waals surface area contributed by atoms with Gasteiger partial charge in [0.1, 0.15) is 11.4 Å². The maximum atomic E-state index is 14.4. The van der Waals surface area contributed by atoms with Gasteiger partial charge in [0.15, 0.2) is 11.6 Å². The number of anilines is 3. The van der Waals surface area contributed by atoms with Crippen molar-refractivity contribution in [3.8, 4) is 6.07 Å². The second-order valence-corrected chi connectivity index (χ2v) is 9.88. The second-order valence-electron chi connectivity index (χ2n) is 9.88. The Hall–Kier alpha value is -4.66. The van der Waals surface area contributed by atoms with Gasteiger partial charge < -0.3 is 21.1 Å². The third kappa shape index (κ3) is 6.57. The molecule has 9 nitrogen and oxygen atoms in total. The standard InChI is InChI=1S/C30H31F2N7O2/c1-20(22(18-33)10-13-35-2)21-8-9-25(27(17-21)38-15-11-30(34,19-40)12-16-38)36-29(41)26-7-4-14-39(37-26)28-23(31)5-3-6-24(28)32/h3-10,13,17,40H,2,11-12,14-16,19,34H2,1H3,(H,36,41)/b13-10-,22-20-. The lowest BCUT2D eigenvalue weighted by Crippen LogP contribution is -2.53. The number of nitrogens with two attached hydrogens (primary N) is 1. The summed E-state index contributed by atoms with van der Waals surface area (Å²) in [7, 11) is 0. The highest BCUT2D eigenvalue weighted by Gasteiger charge is 2.31. The molecule has 11 heteroatoms. The van der Waals surface area contributed by atoms with Crippen molar-refractivity contribution in [2.75, 3.05) is 41.5 Å². The molecule has 1 fully saturated rings. The van der Waals surface area contributed by atoms with Crippen LogP contribution in [0.3, 0.4) is 0 Å². The number of amides is 1. The molecule has 41 heavy (non-hydrogen) atoms. The van der Waals surface area contributed by atoms with Gasteiger partial charge in [0.25, 0.3) is 5.91 Å². The maximum Gasteiger partial charge on any atom is 0.276 e. The summed E-state index contributed by atoms with van der Waals surface area (Å²) in [6.07, 6.45) is 7.17. The van der Waals surface area contributed by atoms with E-state index in [2.05, 4.69) is 33.1 Å². The van der Waals surface area contributed by atoms with Crippen molar-refractivity contribution in [3.05, 3.63) is 83.6 Å². The minimum absolute atomic E-state index is 0.0289. The fourth-order valence-electron chi connectivity index (χ4n) is 4.66. The van der Waals surface area contributed by atoms with E-state index in [0.29, 0.717) is 48.5 Å². The second kappa shape index (κ2) is 12.7. The summed E-state index contributed by atoms with van der Waals surface area (Å²) in [6, 6.07) is 11.1. The maximum absolute atomic E-state index is 14.4. The number of nitrogens with zero attached hydrogens (tertiary/aromatic N) is 5. The highest BCUT2D eigenvalue weighted by Crippen LogP contribution is 2.34. The van der Waals surface area contributed by atoms with Gasteiger partial charge in [0, 0.05) is 24.8 Å². The molecule has 0 bridgehead atoms. The fourth-order valence-corrected chi connectivity index (χ4v) is 4.66. The van der Waals surface area contributed by atoms with Crippen LogP contribution in [-0.4, -0.2) is 55.2 Å². The third-order valence-corrected chi connectivity index (χ3v) is 7.18. The number of halogens is 2. The normalized spacial score (nSPS) is 17.1. The monoisotopic (exact) mass is 559 g/mol. The Labute approximate surface area is 237 Å². The van der Waals surface area contributed by atoms with Gasteiger partial charge in [0.2, 0.25) is 0 Å². The van der Waals surface area contributed by atoms with E-state index < -0.39 is 23.1 Å². The lowest BCUT2D eigenvalue weighted by atomic mass is 9.89. The summed E-state index contributed by atoms with van der Waals surface area (Å²) in [6.45, 7) is 6.23. The van der Waals surface area contributed by atoms with Crippen LogP contribution in [0, 0.1) is 23.0 Å². The summed E-state index contributed by atoms with van der Waals surface area (Å²) in [5.41, 5.74) is 8.27. The molecule has 0 aliphatic carbocycles. The summed E-state index contributed by atoms with van der Waals surface area (Å²) >= 11 is 0. The average molecular weight is 560 g/mol. The topological polar surface area (TPSA) is 130 Å². The van der Waals surface area contributed by atoms with Crippen molar-refractivity contribution in [1.29, 1.82) is 5.26 Å². The minimum Gasteiger partial charge on any atom is -0.394 e. The van der Waals surface area contributed by atoms with Gasteiger partial charge in [0.05, 0.1) is 36.2 Å². The third-order valence-electron chi connectivity index (χ3n) is 7.18. The Bertz CT molecular complexity index is 1480. The predicted molar refractivity (Wildman–Crippen MR) is 158 cm³/mol. The van der Waals surface area contributed by atoms with E-state index in [1.165, 1.54) is 18.3 Å². The van der Waals surface area contributed by atoms with Gasteiger partial charge in [-0.3, -0.25) is 14.8 Å². The molecule has 4 N–H and O–H groups in total. The van der Waals surface area contributed by atoms with Gasteiger partial charge in [-0.1, -0.05) is 18.2 Å². The Kier molecular flexibility index (Phi) is 9.07. The van der Waals surface area contributed by atoms with Crippen LogP contribution >= 0.6 is 0 Å². The van der Waals surface area contributed by atoms with Gasteiger partial charge in [-0.15, -0.1) is 0 Å². The number of allylic oxidation sites excluding steroid dienone is 3. The Morgan fingerprint density at radius 2 is 2.00 bits per heavy atom. The molecule has 0 spiro atoms. The number of nitrogens with one attached hydrogen (secondary N) is 1. The van der Waals surface area contributed by atoms with Crippen molar-refractivity contribution < 1.29 is 18.7 Å². The van der Waals surface area contributed by atoms with Crippen LogP contribution in [0.15, 0.2) is 76.5 Å². The zero-order valence-corrected chi connectivity index (χ0v) is 22.6. The highest BCUT2D eigenvalue weighted by molar-refractivity contribution is 6.47. The smallest absolute Gasteiger partial charge is 0.276 e. The number of aliphatic imine (C=N–C) groups is 1. The van der Waals surface area contributed by atoms with Crippen LogP contribution in [-0.2, 0) is 4.79 Å². The highest BCUT2D eigenvalue weighted by atomic mass is 19.1. The van der Waals surface area contributed by atoms with Gasteiger partial charge in [-0.2, -0.15) is 10.4 Å². The molecule has 1 saturated heterocycles. The molecule has 0 aromatic heterocycles. The molecule has 2 aliphatic rings. The van der Waals surface area contributed by atoms with Crippen molar-refractivity contribution in [2.24, 2.45) is 15.8 Å². The Balaban J connectivity index is 1.68. The molecule has 0 radical (unpaired) electrons. The predicted octanol–water partition coefficient (Wildman–Crippen LogP) is 4.14. The number of rotatable bonds is 8. The van der Waals surface area contributed by atoms with Crippen molar-refractivity contribution in [3.63, 3.8) is 0 Å². The van der Waals surface area contributed by atoms with Crippen LogP contribution in [0.4, 0.5) is 25.8 Å². The van der Waals surface area contributed by atoms with E-state index in [0.717, 1.165) is 22.7 Å². The van der Waals surface area contributed by atoms with E-state index in [9.17, 15) is 23.9 Å². The van der Waals surface area contributed by atoms with E-state index in [1.54, 1.807) is 24.3 Å². The molecular weight excluding hydrogens is 528 g/mol. The van der Waals surface area contributed by atoms with Crippen LogP contribution in [0.5, 0.6) is 0 Å². The largest absolute Gasteiger partial charge is 0.394 e. The van der Waals surface area contributed by atoms with Crippen LogP contribution < -0.4 is 21.0 Å². The number of carbonyl (C=O) groups excluding carboxylic acids is 1. The molecule has 0 unspecified atom stereocenters. The number of hydrogen-bond donors (Lipinski definition) is 3. The molecule has 0 saturated carbocycles. The van der Waals surface area contributed by atoms with E-state index in [1.807, 2.05) is 13.0 Å². The quantitative estimate of drug-likeness (QED) is 0.253. The number of para-hydroxylation sites is 1. The summed E-state index contributed by atoms with van der Waals surface area (Å²) in [4.78, 5) is 19.1. The molecule has 4 rings (SSSR count). The number of hydrogen-bond acceptors (Lipinski definition) is 8. The van der Waals surface area contributed by atoms with E-state index >= 15 is 0 Å². The van der Waals surface area contributed by atoms with Gasteiger partial charge in [-0.05, 0) is 74.0 Å². The van der Waals surface area contributed by atoms with Crippen molar-refractivity contribution in [1.82, 2.24) is 0 Å². The number of carbonyl (C=O) groups is 1. The number of piperidine rings is 1. The summed E-state index contributed by atoms with van der Waals surface area (Å²) in [5.74, 6) is -2.14. The SMILES string of the molecule is C=N/C=C\C(C#N)=C(/C)c1ccc(NC(=O)C2=NN(c3c(F)cccc3F)CC=C2)c(N2CCC(N)(CO)CC2)c1. The minimum atomic E-state index is -0.787. The number of benzene rings is 2. The Morgan fingerprint density at radius 3 is 2.63 bits per heavy atom. The van der Waals surface area contributed by atoms with Gasteiger partial charge >= 0.3 is 0 Å². The lowest BCUT2D eigenvalue weighted by molar-refractivity contribution is -0.110. The molecule has 212 valence electrons. The first-order chi connectivity index (χ1) is 19.7. The van der Waals surface area contributed by atoms with Crippen LogP contribution in [0.2, 0.25) is 0 Å². The lowest BCUT2D eigenvalue weighted by Gasteiger charge is -2.40. The first kappa shape index (κ1) is 29.3. The zero-order chi connectivity index (χ0) is 29.6. The van der Waals surface area contributed by atoms with Crippen molar-refractivity contribution in [2.45, 2.75) is 25.3 Å². The van der Waals surface area contributed by atoms with Crippen molar-refractivity contribution >= 4 is 41.0 Å². The first-order valence-corrected chi connectivity index (χ1v) is 13.0. The summed E-state index contributed by atoms with van der Waals surface area (Å²) in [5, 5.41) is 27.5. The van der Waals surface area contributed by atoms with Crippen LogP contribution in [0.25, 0.3) is 5.57 Å². The Morgan fingerprint density at radius 1 is 1.29 bits per heavy atom. The molecule has 2 aromatic rings. The molecule has 1 amide bonds. The first-order valence-electron chi connectivity index (χ1n) is 13.0. The number of aliphatic hydroxyl groups is 1. The molecule has 2 heterocycles. The molecule has 0 atom stereocenters. The fraction of sp³-hybridized carbons (Fsp3) is 0.267. The number of nitriles is 1. The number of aliphatic hydroxyl groups excluding tert-OH is 1. The van der Waals surface area contributed by atoms with Crippen LogP contribution in [0.1, 0.15) is 25.3 Å². The molecule has 2 aliphatic heterocycles. The average Bonchev–Trinajstić information content (AvgIpc) is 2.98. The molecule has 2 aromatic carbocycles. The molecular formula is C30H31F2N7O2. The zero-order valence-electron chi connectivity index (χ0n) is 22.6. The van der Waals surface area contributed by atoms with Gasteiger partial charge in [-0.25, -0.2) is 8.78 Å². The van der Waals surface area contributed by atoms with E-state index in [4.69, 9.17) is 5.73 Å². The number of hydrazone groups is 1.